The van der Waals surface area contributed by atoms with E-state index in [1.165, 1.54) is 30.6 Å². The summed E-state index contributed by atoms with van der Waals surface area (Å²) in [5, 5.41) is 1.43. The highest BCUT2D eigenvalue weighted by Crippen LogP contribution is 2.39. The van der Waals surface area contributed by atoms with Gasteiger partial charge in [0.2, 0.25) is 0 Å². The van der Waals surface area contributed by atoms with Crippen LogP contribution in [0.3, 0.4) is 0 Å². The largest absolute Gasteiger partial charge is 0.397 e. The predicted molar refractivity (Wildman–Crippen MR) is 90.2 cm³/mol. The van der Waals surface area contributed by atoms with Crippen LogP contribution in [-0.2, 0) is 0 Å². The molecule has 21 heavy (non-hydrogen) atoms. The van der Waals surface area contributed by atoms with Crippen molar-refractivity contribution in [2.75, 3.05) is 18.8 Å². The van der Waals surface area contributed by atoms with E-state index in [1.54, 1.807) is 0 Å². The molecule has 1 heterocycles. The Balaban J connectivity index is 1.92. The fourth-order valence-corrected chi connectivity index (χ4v) is 4.22. The van der Waals surface area contributed by atoms with E-state index in [9.17, 15) is 4.79 Å². The zero-order valence-corrected chi connectivity index (χ0v) is 13.6. The van der Waals surface area contributed by atoms with Gasteiger partial charge < -0.3 is 10.6 Å². The zero-order chi connectivity index (χ0) is 15.0. The van der Waals surface area contributed by atoms with E-state index in [0.29, 0.717) is 21.5 Å². The number of halogens is 1. The van der Waals surface area contributed by atoms with Gasteiger partial charge in [-0.1, -0.05) is 24.1 Å². The van der Waals surface area contributed by atoms with Crippen molar-refractivity contribution in [3.05, 3.63) is 28.1 Å². The maximum Gasteiger partial charge on any atom is 0.266 e. The SMILES string of the molecule is CCN(CC1CCC1)C(=O)c1sc2cccc(Cl)c2c1N. The summed E-state index contributed by atoms with van der Waals surface area (Å²) in [4.78, 5) is 15.3. The molecule has 2 N–H and O–H groups in total. The van der Waals surface area contributed by atoms with Gasteiger partial charge in [0.15, 0.2) is 0 Å². The van der Waals surface area contributed by atoms with Gasteiger partial charge in [-0.25, -0.2) is 0 Å². The number of nitrogens with two attached hydrogens (primary N) is 1. The Hall–Kier alpha value is -1.26. The molecule has 0 aliphatic heterocycles. The molecule has 1 aromatic heterocycles. The first-order chi connectivity index (χ1) is 10.1. The summed E-state index contributed by atoms with van der Waals surface area (Å²) in [6, 6.07) is 5.66. The first-order valence-corrected chi connectivity index (χ1v) is 8.57. The quantitative estimate of drug-likeness (QED) is 0.906. The lowest BCUT2D eigenvalue weighted by molar-refractivity contribution is 0.0712. The standard InChI is InChI=1S/C16H19ClN2OS/c1-2-19(9-10-5-3-6-10)16(20)15-14(18)13-11(17)7-4-8-12(13)21-15/h4,7-8,10H,2-3,5-6,9,18H2,1H3. The fraction of sp³-hybridized carbons (Fsp3) is 0.438. The summed E-state index contributed by atoms with van der Waals surface area (Å²) in [5.41, 5.74) is 6.71. The van der Waals surface area contributed by atoms with Crippen LogP contribution in [0.15, 0.2) is 18.2 Å². The lowest BCUT2D eigenvalue weighted by Crippen LogP contribution is -2.37. The summed E-state index contributed by atoms with van der Waals surface area (Å²) < 4.78 is 0.975. The molecule has 3 nitrogen and oxygen atoms in total. The predicted octanol–water partition coefficient (Wildman–Crippen LogP) is 4.40. The van der Waals surface area contributed by atoms with E-state index >= 15 is 0 Å². The minimum Gasteiger partial charge on any atom is -0.397 e. The van der Waals surface area contributed by atoms with Crippen molar-refractivity contribution in [3.63, 3.8) is 0 Å². The van der Waals surface area contributed by atoms with Gasteiger partial charge in [0, 0.05) is 23.2 Å². The summed E-state index contributed by atoms with van der Waals surface area (Å²) in [6.07, 6.45) is 3.76. The summed E-state index contributed by atoms with van der Waals surface area (Å²) in [7, 11) is 0. The highest BCUT2D eigenvalue weighted by Gasteiger charge is 2.26. The molecule has 2 aromatic rings. The fourth-order valence-electron chi connectivity index (χ4n) is 2.77. The number of fused-ring (bicyclic) bond motifs is 1. The van der Waals surface area contributed by atoms with Crippen molar-refractivity contribution in [1.82, 2.24) is 4.90 Å². The average Bonchev–Trinajstić information content (AvgIpc) is 2.76. The maximum atomic E-state index is 12.8. The molecular formula is C16H19ClN2OS. The third-order valence-electron chi connectivity index (χ3n) is 4.27. The van der Waals surface area contributed by atoms with E-state index in [1.807, 2.05) is 30.0 Å². The lowest BCUT2D eigenvalue weighted by Gasteiger charge is -2.31. The Morgan fingerprint density at radius 1 is 1.48 bits per heavy atom. The number of carbonyl (C=O) groups is 1. The Kier molecular flexibility index (Phi) is 4.09. The molecule has 1 aliphatic carbocycles. The number of anilines is 1. The van der Waals surface area contributed by atoms with Crippen molar-refractivity contribution in [3.8, 4) is 0 Å². The third kappa shape index (κ3) is 2.62. The minimum atomic E-state index is 0.0409. The number of benzene rings is 1. The molecule has 0 radical (unpaired) electrons. The molecule has 1 aromatic carbocycles. The average molecular weight is 323 g/mol. The van der Waals surface area contributed by atoms with Crippen LogP contribution in [0.2, 0.25) is 5.02 Å². The van der Waals surface area contributed by atoms with Crippen LogP contribution in [0.1, 0.15) is 35.9 Å². The van der Waals surface area contributed by atoms with E-state index < -0.39 is 0 Å². The molecule has 1 saturated carbocycles. The lowest BCUT2D eigenvalue weighted by atomic mass is 9.85. The van der Waals surface area contributed by atoms with Crippen molar-refractivity contribution in [2.24, 2.45) is 5.92 Å². The van der Waals surface area contributed by atoms with Gasteiger partial charge in [0.25, 0.3) is 5.91 Å². The summed E-state index contributed by atoms with van der Waals surface area (Å²) in [5.74, 6) is 0.701. The van der Waals surface area contributed by atoms with Gasteiger partial charge in [-0.15, -0.1) is 11.3 Å². The van der Waals surface area contributed by atoms with E-state index in [-0.39, 0.29) is 5.91 Å². The zero-order valence-electron chi connectivity index (χ0n) is 12.1. The number of carbonyl (C=O) groups excluding carboxylic acids is 1. The van der Waals surface area contributed by atoms with Crippen molar-refractivity contribution in [1.29, 1.82) is 0 Å². The Morgan fingerprint density at radius 2 is 2.24 bits per heavy atom. The minimum absolute atomic E-state index is 0.0409. The molecule has 0 unspecified atom stereocenters. The van der Waals surface area contributed by atoms with Crippen LogP contribution in [0.5, 0.6) is 0 Å². The molecule has 1 aliphatic rings. The molecule has 1 fully saturated rings. The molecule has 0 saturated heterocycles. The van der Waals surface area contributed by atoms with Crippen LogP contribution < -0.4 is 5.73 Å². The van der Waals surface area contributed by atoms with Crippen molar-refractivity contribution >= 4 is 44.6 Å². The van der Waals surface area contributed by atoms with Crippen molar-refractivity contribution < 1.29 is 4.79 Å². The van der Waals surface area contributed by atoms with Crippen LogP contribution in [0.25, 0.3) is 10.1 Å². The molecule has 0 spiro atoms. The molecule has 1 amide bonds. The molecular weight excluding hydrogens is 304 g/mol. The second kappa shape index (κ2) is 5.85. The van der Waals surface area contributed by atoms with E-state index in [0.717, 1.165) is 23.2 Å². The first-order valence-electron chi connectivity index (χ1n) is 7.37. The Morgan fingerprint density at radius 3 is 2.81 bits per heavy atom. The summed E-state index contributed by atoms with van der Waals surface area (Å²) >= 11 is 7.65. The maximum absolute atomic E-state index is 12.8. The normalized spacial score (nSPS) is 15.1. The number of amides is 1. The summed E-state index contributed by atoms with van der Waals surface area (Å²) in [6.45, 7) is 3.58. The van der Waals surface area contributed by atoms with Crippen LogP contribution in [-0.4, -0.2) is 23.9 Å². The highest BCUT2D eigenvalue weighted by molar-refractivity contribution is 7.21. The van der Waals surface area contributed by atoms with Crippen LogP contribution >= 0.6 is 22.9 Å². The van der Waals surface area contributed by atoms with Crippen molar-refractivity contribution in [2.45, 2.75) is 26.2 Å². The van der Waals surface area contributed by atoms with Gasteiger partial charge in [-0.05, 0) is 37.8 Å². The third-order valence-corrected chi connectivity index (χ3v) is 5.74. The molecule has 5 heteroatoms. The van der Waals surface area contributed by atoms with Gasteiger partial charge in [-0.2, -0.15) is 0 Å². The molecule has 112 valence electrons. The Bertz CT molecular complexity index is 678. The smallest absolute Gasteiger partial charge is 0.266 e. The monoisotopic (exact) mass is 322 g/mol. The van der Waals surface area contributed by atoms with E-state index in [2.05, 4.69) is 0 Å². The van der Waals surface area contributed by atoms with Gasteiger partial charge in [0.1, 0.15) is 4.88 Å². The first kappa shape index (κ1) is 14.7. The van der Waals surface area contributed by atoms with Gasteiger partial charge in [0.05, 0.1) is 10.7 Å². The Labute approximate surface area is 133 Å². The number of rotatable bonds is 4. The molecule has 0 atom stereocenters. The number of nitrogen functional groups attached to an aromatic ring is 1. The second-order valence-electron chi connectivity index (χ2n) is 5.60. The topological polar surface area (TPSA) is 46.3 Å². The number of hydrogen-bond donors (Lipinski definition) is 1. The number of hydrogen-bond acceptors (Lipinski definition) is 3. The molecule has 0 bridgehead atoms. The van der Waals surface area contributed by atoms with Crippen LogP contribution in [0, 0.1) is 5.92 Å². The second-order valence-corrected chi connectivity index (χ2v) is 7.06. The number of thiophene rings is 1. The molecule has 3 rings (SSSR count). The van der Waals surface area contributed by atoms with E-state index in [4.69, 9.17) is 17.3 Å². The highest BCUT2D eigenvalue weighted by atomic mass is 35.5. The number of nitrogens with zero attached hydrogens (tertiary/aromatic N) is 1. The van der Waals surface area contributed by atoms with Gasteiger partial charge in [-0.3, -0.25) is 4.79 Å². The van der Waals surface area contributed by atoms with Gasteiger partial charge >= 0.3 is 0 Å². The van der Waals surface area contributed by atoms with Crippen LogP contribution in [0.4, 0.5) is 5.69 Å².